The molecule has 3 nitrogen and oxygen atoms in total. The lowest BCUT2D eigenvalue weighted by molar-refractivity contribution is -0.138. The summed E-state index contributed by atoms with van der Waals surface area (Å²) in [5, 5.41) is 2.98. The number of para-hydroxylation sites is 1. The normalized spacial score (nSPS) is 16.6. The van der Waals surface area contributed by atoms with Crippen LogP contribution in [-0.4, -0.2) is 12.6 Å². The van der Waals surface area contributed by atoms with Gasteiger partial charge in [0.15, 0.2) is 0 Å². The molecule has 0 spiro atoms. The zero-order valence-corrected chi connectivity index (χ0v) is 10.9. The number of rotatable bonds is 2. The first-order chi connectivity index (χ1) is 8.81. The number of ether oxygens (including phenoxy) is 1. The van der Waals surface area contributed by atoms with Crippen molar-refractivity contribution in [1.82, 2.24) is 0 Å². The van der Waals surface area contributed by atoms with Crippen LogP contribution in [0.3, 0.4) is 0 Å². The third-order valence-electron chi connectivity index (χ3n) is 3.01. The van der Waals surface area contributed by atoms with Gasteiger partial charge in [0, 0.05) is 18.3 Å². The van der Waals surface area contributed by atoms with Crippen LogP contribution in [-0.2, 0) is 16.0 Å². The van der Waals surface area contributed by atoms with Gasteiger partial charge in [-0.2, -0.15) is 0 Å². The minimum absolute atomic E-state index is 0.205. The Labute approximate surface area is 110 Å². The van der Waals surface area contributed by atoms with Crippen LogP contribution in [0.5, 0.6) is 0 Å². The van der Waals surface area contributed by atoms with Gasteiger partial charge in [-0.3, -0.25) is 0 Å². The van der Waals surface area contributed by atoms with Crippen LogP contribution in [0.25, 0.3) is 0 Å². The van der Waals surface area contributed by atoms with Gasteiger partial charge in [-0.1, -0.05) is 30.0 Å². The highest BCUT2D eigenvalue weighted by molar-refractivity contribution is 8.06. The number of fused-ring (bicyclic) bond motifs is 3. The van der Waals surface area contributed by atoms with Crippen molar-refractivity contribution >= 4 is 23.4 Å². The minimum atomic E-state index is -0.205. The monoisotopic (exact) mass is 259 g/mol. The molecule has 3 rings (SSSR count). The molecule has 2 heterocycles. The molecule has 0 aliphatic carbocycles. The van der Waals surface area contributed by atoms with Gasteiger partial charge in [-0.25, -0.2) is 4.79 Å². The molecule has 2 aliphatic heterocycles. The fourth-order valence-electron chi connectivity index (χ4n) is 2.23. The summed E-state index contributed by atoms with van der Waals surface area (Å²) in [5.74, 6) is -0.205. The molecule has 4 heteroatoms. The molecule has 0 radical (unpaired) electrons. The molecule has 0 atom stereocenters. The number of thioether (sulfide) groups is 1. The predicted octanol–water partition coefficient (Wildman–Crippen LogP) is 3.04. The first-order valence-corrected chi connectivity index (χ1v) is 6.80. The molecular formula is C14H13NO2S. The van der Waals surface area contributed by atoms with E-state index in [1.54, 1.807) is 11.8 Å². The van der Waals surface area contributed by atoms with E-state index in [0.29, 0.717) is 13.0 Å². The van der Waals surface area contributed by atoms with E-state index >= 15 is 0 Å². The van der Waals surface area contributed by atoms with Crippen LogP contribution >= 0.6 is 11.8 Å². The molecule has 0 fully saturated rings. The van der Waals surface area contributed by atoms with Gasteiger partial charge in [-0.15, -0.1) is 0 Å². The number of hydrogen-bond acceptors (Lipinski definition) is 4. The molecule has 0 saturated heterocycles. The Hall–Kier alpha value is -1.68. The molecule has 1 aromatic carbocycles. The number of anilines is 1. The second-order valence-corrected chi connectivity index (χ2v) is 4.98. The first-order valence-electron chi connectivity index (χ1n) is 5.92. The number of nitrogens with zero attached hydrogens (tertiary/aromatic N) is 1. The van der Waals surface area contributed by atoms with E-state index < -0.39 is 0 Å². The van der Waals surface area contributed by atoms with Crippen LogP contribution in [0.15, 0.2) is 46.5 Å². The van der Waals surface area contributed by atoms with E-state index in [1.807, 2.05) is 30.7 Å². The van der Waals surface area contributed by atoms with Crippen molar-refractivity contribution in [3.8, 4) is 0 Å². The van der Waals surface area contributed by atoms with Crippen molar-refractivity contribution in [2.75, 3.05) is 11.5 Å². The number of carbonyl (C=O) groups excluding carboxylic acids is 1. The van der Waals surface area contributed by atoms with E-state index in [0.717, 1.165) is 21.9 Å². The van der Waals surface area contributed by atoms with Crippen molar-refractivity contribution < 1.29 is 9.53 Å². The highest BCUT2D eigenvalue weighted by Gasteiger charge is 2.30. The number of carbonyl (C=O) groups is 1. The van der Waals surface area contributed by atoms with E-state index in [4.69, 9.17) is 4.74 Å². The maximum Gasteiger partial charge on any atom is 0.337 e. The Kier molecular flexibility index (Phi) is 2.88. The summed E-state index contributed by atoms with van der Waals surface area (Å²) in [7, 11) is 0. The molecule has 0 N–H and O–H groups in total. The second kappa shape index (κ2) is 4.53. The smallest absolute Gasteiger partial charge is 0.337 e. The molecule has 0 aromatic heterocycles. The summed E-state index contributed by atoms with van der Waals surface area (Å²) in [4.78, 5) is 14.1. The fourth-order valence-corrected chi connectivity index (χ4v) is 3.11. The molecule has 18 heavy (non-hydrogen) atoms. The maximum atomic E-state index is 12.0. The summed E-state index contributed by atoms with van der Waals surface area (Å²) >= 11 is 1.58. The molecule has 0 amide bonds. The number of benzene rings is 1. The Morgan fingerprint density at radius 1 is 1.44 bits per heavy atom. The summed E-state index contributed by atoms with van der Waals surface area (Å²) in [6.07, 6.45) is 2.65. The topological polar surface area (TPSA) is 29.5 Å². The highest BCUT2D eigenvalue weighted by Crippen LogP contribution is 2.42. The highest BCUT2D eigenvalue weighted by atomic mass is 32.2. The third-order valence-corrected chi connectivity index (χ3v) is 3.93. The second-order valence-electron chi connectivity index (χ2n) is 4.08. The Morgan fingerprint density at radius 3 is 3.11 bits per heavy atom. The van der Waals surface area contributed by atoms with Gasteiger partial charge in [-0.05, 0) is 24.0 Å². The van der Waals surface area contributed by atoms with Gasteiger partial charge in [0.1, 0.15) is 0 Å². The quantitative estimate of drug-likeness (QED) is 0.763. The zero-order chi connectivity index (χ0) is 12.5. The van der Waals surface area contributed by atoms with Gasteiger partial charge in [0.25, 0.3) is 0 Å². The summed E-state index contributed by atoms with van der Waals surface area (Å²) in [5.41, 5.74) is 3.07. The molecule has 0 saturated carbocycles. The van der Waals surface area contributed by atoms with E-state index in [2.05, 4.69) is 17.0 Å². The lowest BCUT2D eigenvalue weighted by Gasteiger charge is -2.28. The van der Waals surface area contributed by atoms with E-state index in [9.17, 15) is 4.79 Å². The van der Waals surface area contributed by atoms with Crippen LogP contribution in [0.4, 0.5) is 5.69 Å². The summed E-state index contributed by atoms with van der Waals surface area (Å²) in [6.45, 7) is 2.24. The standard InChI is InChI=1S/C14H13NO2S/c1-2-17-14(16)11-9-10-5-3-4-6-12(10)15-7-8-18-13(11)15/h3-8H,2,9H2,1H3. The lowest BCUT2D eigenvalue weighted by Crippen LogP contribution is -2.24. The van der Waals surface area contributed by atoms with Gasteiger partial charge < -0.3 is 9.64 Å². The molecule has 92 valence electrons. The van der Waals surface area contributed by atoms with Crippen LogP contribution < -0.4 is 4.90 Å². The molecule has 0 bridgehead atoms. The SMILES string of the molecule is CCOC(=O)C1=C2SC=CN2c2ccccc2C1. The zero-order valence-electron chi connectivity index (χ0n) is 10.1. The van der Waals surface area contributed by atoms with Crippen molar-refractivity contribution in [2.45, 2.75) is 13.3 Å². The average molecular weight is 259 g/mol. The molecule has 2 aliphatic rings. The average Bonchev–Trinajstić information content (AvgIpc) is 2.87. The number of hydrogen-bond donors (Lipinski definition) is 0. The summed E-state index contributed by atoms with van der Waals surface area (Å²) < 4.78 is 5.14. The Balaban J connectivity index is 2.05. The number of esters is 1. The van der Waals surface area contributed by atoms with Crippen molar-refractivity contribution in [2.24, 2.45) is 0 Å². The minimum Gasteiger partial charge on any atom is -0.463 e. The van der Waals surface area contributed by atoms with Gasteiger partial charge in [0.2, 0.25) is 0 Å². The maximum absolute atomic E-state index is 12.0. The van der Waals surface area contributed by atoms with Crippen molar-refractivity contribution in [3.63, 3.8) is 0 Å². The molecule has 1 aromatic rings. The predicted molar refractivity (Wildman–Crippen MR) is 73.0 cm³/mol. The van der Waals surface area contributed by atoms with Crippen LogP contribution in [0.2, 0.25) is 0 Å². The molecular weight excluding hydrogens is 246 g/mol. The Bertz CT molecular complexity index is 563. The largest absolute Gasteiger partial charge is 0.463 e. The first kappa shape index (κ1) is 11.4. The third kappa shape index (κ3) is 1.73. The fraction of sp³-hybridized carbons (Fsp3) is 0.214. The van der Waals surface area contributed by atoms with Gasteiger partial charge >= 0.3 is 5.97 Å². The van der Waals surface area contributed by atoms with Crippen LogP contribution in [0, 0.1) is 0 Å². The van der Waals surface area contributed by atoms with Crippen molar-refractivity contribution in [3.05, 3.63) is 52.0 Å². The summed E-state index contributed by atoms with van der Waals surface area (Å²) in [6, 6.07) is 8.15. The lowest BCUT2D eigenvalue weighted by atomic mass is 10.00. The van der Waals surface area contributed by atoms with Crippen molar-refractivity contribution in [1.29, 1.82) is 0 Å². The van der Waals surface area contributed by atoms with E-state index in [-0.39, 0.29) is 5.97 Å². The van der Waals surface area contributed by atoms with Crippen LogP contribution in [0.1, 0.15) is 12.5 Å². The van der Waals surface area contributed by atoms with Gasteiger partial charge in [0.05, 0.1) is 17.2 Å². The van der Waals surface area contributed by atoms with E-state index in [1.165, 1.54) is 0 Å². The molecule has 0 unspecified atom stereocenters. The Morgan fingerprint density at radius 2 is 2.28 bits per heavy atom.